The molecule has 0 aromatic carbocycles. The van der Waals surface area contributed by atoms with Gasteiger partial charge in [-0.1, -0.05) is 0 Å². The van der Waals surface area contributed by atoms with Gasteiger partial charge in [-0.3, -0.25) is 4.99 Å². The van der Waals surface area contributed by atoms with Gasteiger partial charge < -0.3 is 20.1 Å². The summed E-state index contributed by atoms with van der Waals surface area (Å²) in [6.45, 7) is 3.63. The van der Waals surface area contributed by atoms with E-state index in [-0.39, 0.29) is 41.2 Å². The molecule has 142 valence electrons. The van der Waals surface area contributed by atoms with Crippen molar-refractivity contribution in [1.29, 1.82) is 0 Å². The van der Waals surface area contributed by atoms with Gasteiger partial charge >= 0.3 is 0 Å². The minimum Gasteiger partial charge on any atom is -0.379 e. The number of ether oxygens (including phenoxy) is 2. The second kappa shape index (κ2) is 10.1. The van der Waals surface area contributed by atoms with Crippen LogP contribution < -0.4 is 10.6 Å². The van der Waals surface area contributed by atoms with Crippen LogP contribution in [0.1, 0.15) is 25.7 Å². The topological polar surface area (TPSA) is 89.0 Å². The van der Waals surface area contributed by atoms with E-state index in [1.807, 2.05) is 0 Å². The molecule has 0 radical (unpaired) electrons. The van der Waals surface area contributed by atoms with E-state index in [2.05, 4.69) is 15.6 Å². The number of halogens is 1. The summed E-state index contributed by atoms with van der Waals surface area (Å²) in [6.07, 6.45) is 5.35. The Morgan fingerprint density at radius 2 is 2.12 bits per heavy atom. The lowest BCUT2D eigenvalue weighted by atomic mass is 10.1. The summed E-state index contributed by atoms with van der Waals surface area (Å²) in [6, 6.07) is 0. The lowest BCUT2D eigenvalue weighted by Crippen LogP contribution is -2.42. The van der Waals surface area contributed by atoms with Gasteiger partial charge in [-0.15, -0.1) is 24.0 Å². The van der Waals surface area contributed by atoms with Gasteiger partial charge in [0.25, 0.3) is 0 Å². The van der Waals surface area contributed by atoms with Crippen LogP contribution in [-0.4, -0.2) is 72.4 Å². The predicted octanol–water partition coefficient (Wildman–Crippen LogP) is 0.790. The standard InChI is InChI=1S/C15H29N3O4S.HI/c1-16-14(17-7-3-8-22-13-4-9-21-10-13)18-11-15(5-6-15)12-23(2,19)20;/h13H,3-12H2,1-2H3,(H2,16,17,18);1H. The molecule has 0 bridgehead atoms. The maximum absolute atomic E-state index is 11.5. The second-order valence-electron chi connectivity index (χ2n) is 6.63. The molecule has 1 unspecified atom stereocenters. The van der Waals surface area contributed by atoms with Gasteiger partial charge in [0.1, 0.15) is 9.84 Å². The van der Waals surface area contributed by atoms with Crippen LogP contribution in [0.3, 0.4) is 0 Å². The van der Waals surface area contributed by atoms with Crippen molar-refractivity contribution in [2.24, 2.45) is 10.4 Å². The highest BCUT2D eigenvalue weighted by molar-refractivity contribution is 14.0. The number of hydrogen-bond acceptors (Lipinski definition) is 5. The fraction of sp³-hybridized carbons (Fsp3) is 0.933. The third-order valence-electron chi connectivity index (χ3n) is 4.23. The van der Waals surface area contributed by atoms with Crippen molar-refractivity contribution in [2.75, 3.05) is 52.0 Å². The van der Waals surface area contributed by atoms with Crippen LogP contribution in [0.15, 0.2) is 4.99 Å². The van der Waals surface area contributed by atoms with E-state index in [0.717, 1.165) is 38.8 Å². The van der Waals surface area contributed by atoms with E-state index in [4.69, 9.17) is 9.47 Å². The zero-order valence-electron chi connectivity index (χ0n) is 14.5. The summed E-state index contributed by atoms with van der Waals surface area (Å²) in [5.41, 5.74) is -0.100. The van der Waals surface area contributed by atoms with Crippen molar-refractivity contribution in [1.82, 2.24) is 10.6 Å². The zero-order valence-corrected chi connectivity index (χ0v) is 17.7. The van der Waals surface area contributed by atoms with Gasteiger partial charge in [0.05, 0.1) is 18.5 Å². The van der Waals surface area contributed by atoms with Crippen molar-refractivity contribution < 1.29 is 17.9 Å². The Hall–Kier alpha value is -0.130. The highest BCUT2D eigenvalue weighted by Crippen LogP contribution is 2.45. The van der Waals surface area contributed by atoms with Gasteiger partial charge in [0, 0.05) is 45.0 Å². The maximum atomic E-state index is 11.5. The van der Waals surface area contributed by atoms with Crippen molar-refractivity contribution in [3.63, 3.8) is 0 Å². The lowest BCUT2D eigenvalue weighted by Gasteiger charge is -2.18. The second-order valence-corrected chi connectivity index (χ2v) is 8.77. The molecule has 1 aliphatic carbocycles. The summed E-state index contributed by atoms with van der Waals surface area (Å²) < 4.78 is 33.9. The first-order chi connectivity index (χ1) is 10.9. The third kappa shape index (κ3) is 8.30. The van der Waals surface area contributed by atoms with Crippen LogP contribution in [-0.2, 0) is 19.3 Å². The predicted molar refractivity (Wildman–Crippen MR) is 106 cm³/mol. The normalized spacial score (nSPS) is 22.8. The number of nitrogens with zero attached hydrogens (tertiary/aromatic N) is 1. The van der Waals surface area contributed by atoms with E-state index in [1.54, 1.807) is 7.05 Å². The number of rotatable bonds is 9. The Morgan fingerprint density at radius 3 is 2.67 bits per heavy atom. The fourth-order valence-corrected chi connectivity index (χ4v) is 4.27. The molecule has 7 nitrogen and oxygen atoms in total. The molecular weight excluding hydrogens is 445 g/mol. The Labute approximate surface area is 162 Å². The van der Waals surface area contributed by atoms with E-state index in [0.29, 0.717) is 25.7 Å². The van der Waals surface area contributed by atoms with Crippen LogP contribution >= 0.6 is 24.0 Å². The zero-order chi connectivity index (χ0) is 16.8. The largest absolute Gasteiger partial charge is 0.379 e. The van der Waals surface area contributed by atoms with Gasteiger partial charge in [-0.25, -0.2) is 8.42 Å². The summed E-state index contributed by atoms with van der Waals surface area (Å²) in [7, 11) is -1.21. The molecule has 0 amide bonds. The number of aliphatic imine (C=N–C) groups is 1. The van der Waals surface area contributed by atoms with Crippen LogP contribution in [0.25, 0.3) is 0 Å². The van der Waals surface area contributed by atoms with Crippen LogP contribution in [0.5, 0.6) is 0 Å². The molecule has 2 fully saturated rings. The molecule has 9 heteroatoms. The Morgan fingerprint density at radius 1 is 1.38 bits per heavy atom. The average Bonchev–Trinajstić information content (AvgIpc) is 3.02. The number of guanidine groups is 1. The molecule has 1 atom stereocenters. The van der Waals surface area contributed by atoms with Crippen molar-refractivity contribution in [2.45, 2.75) is 31.8 Å². The first-order valence-electron chi connectivity index (χ1n) is 8.24. The molecule has 24 heavy (non-hydrogen) atoms. The number of nitrogens with one attached hydrogen (secondary N) is 2. The Bertz CT molecular complexity index is 503. The van der Waals surface area contributed by atoms with E-state index >= 15 is 0 Å². The minimum atomic E-state index is -2.93. The molecule has 1 aliphatic heterocycles. The molecule has 1 saturated carbocycles. The molecule has 0 spiro atoms. The van der Waals surface area contributed by atoms with Crippen molar-refractivity contribution in [3.05, 3.63) is 0 Å². The van der Waals surface area contributed by atoms with Gasteiger partial charge in [-0.2, -0.15) is 0 Å². The number of sulfone groups is 1. The molecule has 0 aromatic rings. The molecule has 1 saturated heterocycles. The van der Waals surface area contributed by atoms with E-state index in [9.17, 15) is 8.42 Å². The third-order valence-corrected chi connectivity index (χ3v) is 5.37. The van der Waals surface area contributed by atoms with Crippen molar-refractivity contribution >= 4 is 39.8 Å². The quantitative estimate of drug-likeness (QED) is 0.222. The van der Waals surface area contributed by atoms with Crippen LogP contribution in [0, 0.1) is 5.41 Å². The fourth-order valence-electron chi connectivity index (χ4n) is 2.77. The van der Waals surface area contributed by atoms with E-state index < -0.39 is 9.84 Å². The first-order valence-corrected chi connectivity index (χ1v) is 10.3. The van der Waals surface area contributed by atoms with Gasteiger partial charge in [-0.05, 0) is 25.7 Å². The van der Waals surface area contributed by atoms with Crippen molar-refractivity contribution in [3.8, 4) is 0 Å². The SMILES string of the molecule is CN=C(NCCCOC1CCOC1)NCC1(CS(C)(=O)=O)CC1.I. The van der Waals surface area contributed by atoms with Crippen LogP contribution in [0.2, 0.25) is 0 Å². The van der Waals surface area contributed by atoms with Gasteiger partial charge in [0.15, 0.2) is 5.96 Å². The summed E-state index contributed by atoms with van der Waals surface area (Å²) in [4.78, 5) is 4.17. The lowest BCUT2D eigenvalue weighted by molar-refractivity contribution is 0.0420. The Kier molecular flexibility index (Phi) is 9.24. The monoisotopic (exact) mass is 475 g/mol. The first kappa shape index (κ1) is 21.9. The molecule has 1 heterocycles. The van der Waals surface area contributed by atoms with Gasteiger partial charge in [0.2, 0.25) is 0 Å². The minimum absolute atomic E-state index is 0. The molecular formula is C15H30IN3O4S. The summed E-state index contributed by atoms with van der Waals surface area (Å²) in [5.74, 6) is 0.968. The highest BCUT2D eigenvalue weighted by Gasteiger charge is 2.45. The maximum Gasteiger partial charge on any atom is 0.190 e. The highest BCUT2D eigenvalue weighted by atomic mass is 127. The molecule has 0 aromatic heterocycles. The molecule has 2 rings (SSSR count). The van der Waals surface area contributed by atoms with E-state index in [1.165, 1.54) is 6.26 Å². The summed E-state index contributed by atoms with van der Waals surface area (Å²) >= 11 is 0. The molecule has 2 aliphatic rings. The number of hydrogen-bond donors (Lipinski definition) is 2. The average molecular weight is 475 g/mol. The molecule has 2 N–H and O–H groups in total. The Balaban J connectivity index is 0.00000288. The summed E-state index contributed by atoms with van der Waals surface area (Å²) in [5, 5.41) is 6.48. The van der Waals surface area contributed by atoms with Crippen LogP contribution in [0.4, 0.5) is 0 Å². The smallest absolute Gasteiger partial charge is 0.190 e.